The monoisotopic (exact) mass is 523 g/mol. The summed E-state index contributed by atoms with van der Waals surface area (Å²) in [7, 11) is 2.85. The number of halogens is 1. The zero-order valence-electron chi connectivity index (χ0n) is 21.1. The van der Waals surface area contributed by atoms with Crippen LogP contribution in [0.15, 0.2) is 46.8 Å². The summed E-state index contributed by atoms with van der Waals surface area (Å²) in [5.74, 6) is -2.13. The van der Waals surface area contributed by atoms with Gasteiger partial charge in [0.25, 0.3) is 0 Å². The predicted molar refractivity (Wildman–Crippen MR) is 134 cm³/mol. The number of dihydropyridines is 1. The Labute approximate surface area is 216 Å². The standard InChI is InChI=1S/C25H34ClN3O7/c1-5-36-25(32)23-19(15-35-13-10-27-14-20(30)28-11-12-33-3)29-16(2)21(24(31)34-4)22(23)17-8-6-7-9-18(17)26/h6-9,22,27,29H,5,10-15H2,1-4H3,(H,28,30). The second-order valence-corrected chi connectivity index (χ2v) is 8.20. The lowest BCUT2D eigenvalue weighted by Gasteiger charge is -2.31. The molecule has 0 saturated carbocycles. The SMILES string of the molecule is CCOC(=O)C1=C(COCCNCC(=O)NCCOC)NC(C)=C(C(=O)OC)C1c1ccccc1Cl. The van der Waals surface area contributed by atoms with Gasteiger partial charge in [-0.2, -0.15) is 0 Å². The van der Waals surface area contributed by atoms with Crippen molar-refractivity contribution in [1.29, 1.82) is 0 Å². The molecule has 0 saturated heterocycles. The lowest BCUT2D eigenvalue weighted by molar-refractivity contribution is -0.139. The second-order valence-electron chi connectivity index (χ2n) is 7.79. The first kappa shape index (κ1) is 29.3. The maximum atomic E-state index is 13.1. The topological polar surface area (TPSA) is 124 Å². The van der Waals surface area contributed by atoms with E-state index in [1.54, 1.807) is 45.2 Å². The van der Waals surface area contributed by atoms with Gasteiger partial charge >= 0.3 is 11.9 Å². The Morgan fingerprint density at radius 3 is 2.47 bits per heavy atom. The van der Waals surface area contributed by atoms with Crippen molar-refractivity contribution in [3.05, 3.63) is 57.4 Å². The molecule has 1 aliphatic heterocycles. The first-order valence-electron chi connectivity index (χ1n) is 11.6. The number of benzene rings is 1. The molecule has 1 amide bonds. The van der Waals surface area contributed by atoms with Crippen molar-refractivity contribution in [1.82, 2.24) is 16.0 Å². The fourth-order valence-corrected chi connectivity index (χ4v) is 3.98. The third kappa shape index (κ3) is 8.06. The Balaban J connectivity index is 2.21. The Kier molecular flexibility index (Phi) is 12.4. The second kappa shape index (κ2) is 15.2. The molecule has 36 heavy (non-hydrogen) atoms. The van der Waals surface area contributed by atoms with Gasteiger partial charge in [-0.3, -0.25) is 4.79 Å². The highest BCUT2D eigenvalue weighted by Gasteiger charge is 2.39. The predicted octanol–water partition coefficient (Wildman–Crippen LogP) is 1.66. The number of hydrogen-bond acceptors (Lipinski definition) is 9. The zero-order chi connectivity index (χ0) is 26.5. The quantitative estimate of drug-likeness (QED) is 0.246. The number of ether oxygens (including phenoxy) is 4. The van der Waals surface area contributed by atoms with Gasteiger partial charge in [-0.05, 0) is 25.5 Å². The van der Waals surface area contributed by atoms with Crippen molar-refractivity contribution < 1.29 is 33.3 Å². The number of carbonyl (C=O) groups is 3. The van der Waals surface area contributed by atoms with E-state index in [-0.39, 0.29) is 43.4 Å². The molecule has 198 valence electrons. The molecular weight excluding hydrogens is 490 g/mol. The van der Waals surface area contributed by atoms with E-state index in [1.165, 1.54) is 7.11 Å². The van der Waals surface area contributed by atoms with Crippen LogP contribution in [-0.4, -0.2) is 78.1 Å². The molecule has 1 unspecified atom stereocenters. The van der Waals surface area contributed by atoms with Crippen LogP contribution < -0.4 is 16.0 Å². The summed E-state index contributed by atoms with van der Waals surface area (Å²) in [5.41, 5.74) is 2.03. The van der Waals surface area contributed by atoms with E-state index >= 15 is 0 Å². The van der Waals surface area contributed by atoms with Crippen LogP contribution in [0.3, 0.4) is 0 Å². The van der Waals surface area contributed by atoms with Crippen LogP contribution in [0.2, 0.25) is 5.02 Å². The molecule has 2 rings (SSSR count). The molecule has 0 aliphatic carbocycles. The van der Waals surface area contributed by atoms with Gasteiger partial charge in [0.15, 0.2) is 0 Å². The Morgan fingerprint density at radius 1 is 1.06 bits per heavy atom. The molecule has 1 aromatic rings. The molecule has 0 radical (unpaired) electrons. The van der Waals surface area contributed by atoms with Gasteiger partial charge < -0.3 is 34.9 Å². The summed E-state index contributed by atoms with van der Waals surface area (Å²) in [6, 6.07) is 7.00. The lowest BCUT2D eigenvalue weighted by atomic mass is 9.80. The van der Waals surface area contributed by atoms with Crippen LogP contribution in [0.1, 0.15) is 25.3 Å². The summed E-state index contributed by atoms with van der Waals surface area (Å²) in [4.78, 5) is 37.6. The normalized spacial score (nSPS) is 15.4. The number of nitrogens with one attached hydrogen (secondary N) is 3. The Morgan fingerprint density at radius 2 is 1.81 bits per heavy atom. The molecule has 0 fully saturated rings. The minimum Gasteiger partial charge on any atom is -0.466 e. The molecule has 0 spiro atoms. The van der Waals surface area contributed by atoms with Crippen LogP contribution in [0.4, 0.5) is 0 Å². The van der Waals surface area contributed by atoms with Gasteiger partial charge in [-0.1, -0.05) is 29.8 Å². The van der Waals surface area contributed by atoms with E-state index in [4.69, 9.17) is 30.5 Å². The van der Waals surface area contributed by atoms with Crippen LogP contribution in [-0.2, 0) is 33.3 Å². The zero-order valence-corrected chi connectivity index (χ0v) is 21.8. The summed E-state index contributed by atoms with van der Waals surface area (Å²) >= 11 is 6.49. The molecule has 11 heteroatoms. The van der Waals surface area contributed by atoms with E-state index in [2.05, 4.69) is 16.0 Å². The molecule has 1 aromatic carbocycles. The van der Waals surface area contributed by atoms with Crippen LogP contribution in [0, 0.1) is 0 Å². The lowest BCUT2D eigenvalue weighted by Crippen LogP contribution is -2.37. The van der Waals surface area contributed by atoms with Gasteiger partial charge in [-0.15, -0.1) is 0 Å². The molecule has 1 atom stereocenters. The number of carbonyl (C=O) groups excluding carboxylic acids is 3. The van der Waals surface area contributed by atoms with Gasteiger partial charge in [0.2, 0.25) is 5.91 Å². The van der Waals surface area contributed by atoms with E-state index in [9.17, 15) is 14.4 Å². The summed E-state index contributed by atoms with van der Waals surface area (Å²) in [6.45, 7) is 5.34. The van der Waals surface area contributed by atoms with E-state index in [0.717, 1.165) is 0 Å². The van der Waals surface area contributed by atoms with E-state index in [1.807, 2.05) is 0 Å². The van der Waals surface area contributed by atoms with Gasteiger partial charge in [0.1, 0.15) is 0 Å². The van der Waals surface area contributed by atoms with Crippen LogP contribution in [0.25, 0.3) is 0 Å². The van der Waals surface area contributed by atoms with E-state index in [0.29, 0.717) is 41.7 Å². The number of amides is 1. The summed E-state index contributed by atoms with van der Waals surface area (Å²) in [5, 5.41) is 9.22. The van der Waals surface area contributed by atoms with Crippen molar-refractivity contribution in [2.24, 2.45) is 0 Å². The third-order valence-electron chi connectivity index (χ3n) is 5.35. The van der Waals surface area contributed by atoms with E-state index < -0.39 is 17.9 Å². The van der Waals surface area contributed by atoms with Crippen molar-refractivity contribution in [2.45, 2.75) is 19.8 Å². The van der Waals surface area contributed by atoms with Crippen molar-refractivity contribution in [2.75, 3.05) is 60.3 Å². The Hall–Kier alpha value is -2.92. The molecule has 3 N–H and O–H groups in total. The largest absolute Gasteiger partial charge is 0.466 e. The average molecular weight is 524 g/mol. The molecule has 0 aromatic heterocycles. The first-order valence-corrected chi connectivity index (χ1v) is 12.0. The summed E-state index contributed by atoms with van der Waals surface area (Å²) < 4.78 is 21.0. The number of methoxy groups -OCH3 is 2. The van der Waals surface area contributed by atoms with Crippen molar-refractivity contribution >= 4 is 29.4 Å². The molecule has 1 aliphatic rings. The molecule has 1 heterocycles. The average Bonchev–Trinajstić information content (AvgIpc) is 2.85. The van der Waals surface area contributed by atoms with Gasteiger partial charge in [-0.25, -0.2) is 9.59 Å². The first-order chi connectivity index (χ1) is 17.3. The Bertz CT molecular complexity index is 994. The molecule has 0 bridgehead atoms. The van der Waals surface area contributed by atoms with Crippen LogP contribution >= 0.6 is 11.6 Å². The highest BCUT2D eigenvalue weighted by Crippen LogP contribution is 2.41. The third-order valence-corrected chi connectivity index (χ3v) is 5.69. The smallest absolute Gasteiger partial charge is 0.336 e. The number of allylic oxidation sites excluding steroid dienone is 1. The van der Waals surface area contributed by atoms with Gasteiger partial charge in [0.05, 0.1) is 62.8 Å². The van der Waals surface area contributed by atoms with Crippen LogP contribution in [0.5, 0.6) is 0 Å². The fourth-order valence-electron chi connectivity index (χ4n) is 3.74. The number of esters is 2. The highest BCUT2D eigenvalue weighted by molar-refractivity contribution is 6.31. The van der Waals surface area contributed by atoms with Crippen molar-refractivity contribution in [3.63, 3.8) is 0 Å². The maximum Gasteiger partial charge on any atom is 0.336 e. The number of rotatable bonds is 14. The fraction of sp³-hybridized carbons (Fsp3) is 0.480. The van der Waals surface area contributed by atoms with Gasteiger partial charge in [0, 0.05) is 30.9 Å². The van der Waals surface area contributed by atoms with Crippen molar-refractivity contribution in [3.8, 4) is 0 Å². The minimum absolute atomic E-state index is 0.0443. The highest BCUT2D eigenvalue weighted by atomic mass is 35.5. The summed E-state index contributed by atoms with van der Waals surface area (Å²) in [6.07, 6.45) is 0. The molecule has 10 nitrogen and oxygen atoms in total. The minimum atomic E-state index is -0.807. The molecular formula is C25H34ClN3O7. The maximum absolute atomic E-state index is 13.1. The number of hydrogen-bond donors (Lipinski definition) is 3.